The third-order valence-electron chi connectivity index (χ3n) is 2.12. The molecule has 0 bridgehead atoms. The van der Waals surface area contributed by atoms with Crippen molar-refractivity contribution in [2.75, 3.05) is 6.26 Å². The van der Waals surface area contributed by atoms with Crippen LogP contribution in [0.25, 0.3) is 0 Å². The van der Waals surface area contributed by atoms with Crippen molar-refractivity contribution in [3.8, 4) is 0 Å². The second kappa shape index (κ2) is 4.34. The molecule has 0 aliphatic heterocycles. The van der Waals surface area contributed by atoms with Gasteiger partial charge in [-0.15, -0.1) is 0 Å². The lowest BCUT2D eigenvalue weighted by molar-refractivity contribution is 0.144. The Morgan fingerprint density at radius 3 is 2.54 bits per heavy atom. The third kappa shape index (κ3) is 2.49. The van der Waals surface area contributed by atoms with Crippen LogP contribution < -0.4 is 0 Å². The topological polar surface area (TPSA) is 20.2 Å². The van der Waals surface area contributed by atoms with E-state index < -0.39 is 6.10 Å². The van der Waals surface area contributed by atoms with Gasteiger partial charge in [0.15, 0.2) is 0 Å². The molecular formula is C9H13BrOS2. The van der Waals surface area contributed by atoms with Gasteiger partial charge < -0.3 is 5.11 Å². The summed E-state index contributed by atoms with van der Waals surface area (Å²) in [4.78, 5) is 0. The quantitative estimate of drug-likeness (QED) is 0.912. The Hall–Kier alpha value is 0.490. The molecule has 0 aliphatic rings. The predicted octanol–water partition coefficient (Wildman–Crippen LogP) is 3.69. The highest BCUT2D eigenvalue weighted by atomic mass is 79.9. The molecule has 4 heteroatoms. The minimum absolute atomic E-state index is 0.135. The second-order valence-electron chi connectivity index (χ2n) is 3.39. The van der Waals surface area contributed by atoms with Crippen molar-refractivity contribution < 1.29 is 5.11 Å². The molecule has 1 unspecified atom stereocenters. The van der Waals surface area contributed by atoms with E-state index in [1.54, 1.807) is 23.1 Å². The Labute approximate surface area is 95.7 Å². The zero-order valence-corrected chi connectivity index (χ0v) is 11.1. The standard InChI is InChI=1S/C9H13BrOS2/c1-9(2,12-3)8(11)6-4-13-5-7(6)10/h4-5,8,11H,1-3H3. The molecule has 0 aliphatic carbocycles. The number of aliphatic hydroxyl groups excluding tert-OH is 1. The van der Waals surface area contributed by atoms with Crippen molar-refractivity contribution in [3.05, 3.63) is 20.8 Å². The molecule has 1 N–H and O–H groups in total. The van der Waals surface area contributed by atoms with Gasteiger partial charge in [0.2, 0.25) is 0 Å². The molecule has 0 fully saturated rings. The van der Waals surface area contributed by atoms with E-state index in [1.165, 1.54) is 0 Å². The average molecular weight is 281 g/mol. The van der Waals surface area contributed by atoms with Crippen LogP contribution in [-0.4, -0.2) is 16.1 Å². The van der Waals surface area contributed by atoms with Gasteiger partial charge in [-0.25, -0.2) is 0 Å². The summed E-state index contributed by atoms with van der Waals surface area (Å²) in [5.74, 6) is 0. The highest BCUT2D eigenvalue weighted by Crippen LogP contribution is 2.39. The summed E-state index contributed by atoms with van der Waals surface area (Å²) in [5, 5.41) is 14.1. The lowest BCUT2D eigenvalue weighted by atomic mass is 10.0. The third-order valence-corrected chi connectivity index (χ3v) is 5.15. The molecule has 1 atom stereocenters. The second-order valence-corrected chi connectivity index (χ2v) is 6.44. The molecule has 1 aromatic heterocycles. The summed E-state index contributed by atoms with van der Waals surface area (Å²) in [6.45, 7) is 4.10. The number of hydrogen-bond donors (Lipinski definition) is 1. The van der Waals surface area contributed by atoms with Crippen LogP contribution in [0.3, 0.4) is 0 Å². The first-order chi connectivity index (χ1) is 5.99. The van der Waals surface area contributed by atoms with Crippen LogP contribution in [0.5, 0.6) is 0 Å². The molecule has 74 valence electrons. The van der Waals surface area contributed by atoms with Crippen LogP contribution in [0, 0.1) is 0 Å². The van der Waals surface area contributed by atoms with E-state index in [0.29, 0.717) is 0 Å². The van der Waals surface area contributed by atoms with Gasteiger partial charge in [-0.2, -0.15) is 23.1 Å². The highest BCUT2D eigenvalue weighted by molar-refractivity contribution is 9.10. The van der Waals surface area contributed by atoms with E-state index >= 15 is 0 Å². The van der Waals surface area contributed by atoms with Crippen molar-refractivity contribution in [2.45, 2.75) is 24.7 Å². The van der Waals surface area contributed by atoms with E-state index in [-0.39, 0.29) is 4.75 Å². The summed E-state index contributed by atoms with van der Waals surface area (Å²) >= 11 is 6.71. The van der Waals surface area contributed by atoms with Gasteiger partial charge in [-0.05, 0) is 41.4 Å². The number of thioether (sulfide) groups is 1. The fraction of sp³-hybridized carbons (Fsp3) is 0.556. The average Bonchev–Trinajstić information content (AvgIpc) is 2.50. The minimum Gasteiger partial charge on any atom is -0.387 e. The van der Waals surface area contributed by atoms with Crippen molar-refractivity contribution >= 4 is 39.0 Å². The maximum atomic E-state index is 10.1. The Morgan fingerprint density at radius 1 is 1.54 bits per heavy atom. The Morgan fingerprint density at radius 2 is 2.15 bits per heavy atom. The van der Waals surface area contributed by atoms with Gasteiger partial charge in [0, 0.05) is 20.2 Å². The van der Waals surface area contributed by atoms with Crippen LogP contribution in [0.15, 0.2) is 15.2 Å². The van der Waals surface area contributed by atoms with E-state index in [4.69, 9.17) is 0 Å². The zero-order valence-electron chi connectivity index (χ0n) is 7.87. The summed E-state index contributed by atoms with van der Waals surface area (Å²) < 4.78 is 0.871. The van der Waals surface area contributed by atoms with Gasteiger partial charge in [0.1, 0.15) is 0 Å². The lowest BCUT2D eigenvalue weighted by Gasteiger charge is -2.28. The Kier molecular flexibility index (Phi) is 3.86. The molecule has 0 saturated carbocycles. The summed E-state index contributed by atoms with van der Waals surface area (Å²) in [5.41, 5.74) is 0.990. The maximum Gasteiger partial charge on any atom is 0.0950 e. The molecule has 1 rings (SSSR count). The van der Waals surface area contributed by atoms with Crippen molar-refractivity contribution in [1.82, 2.24) is 0 Å². The molecular weight excluding hydrogens is 268 g/mol. The monoisotopic (exact) mass is 280 g/mol. The van der Waals surface area contributed by atoms with E-state index in [9.17, 15) is 5.11 Å². The Bertz CT molecular complexity index is 283. The first-order valence-electron chi connectivity index (χ1n) is 3.94. The van der Waals surface area contributed by atoms with Gasteiger partial charge >= 0.3 is 0 Å². The van der Waals surface area contributed by atoms with Crippen molar-refractivity contribution in [3.63, 3.8) is 0 Å². The normalized spacial score (nSPS) is 14.5. The minimum atomic E-state index is -0.414. The fourth-order valence-electron chi connectivity index (χ4n) is 0.973. The maximum absolute atomic E-state index is 10.1. The van der Waals surface area contributed by atoms with E-state index in [1.807, 2.05) is 30.9 Å². The SMILES string of the molecule is CSC(C)(C)C(O)c1cscc1Br. The summed E-state index contributed by atoms with van der Waals surface area (Å²) in [7, 11) is 0. The van der Waals surface area contributed by atoms with Crippen LogP contribution in [-0.2, 0) is 0 Å². The van der Waals surface area contributed by atoms with Crippen LogP contribution in [0.2, 0.25) is 0 Å². The molecule has 1 nitrogen and oxygen atoms in total. The van der Waals surface area contributed by atoms with Crippen LogP contribution in [0.1, 0.15) is 25.5 Å². The van der Waals surface area contributed by atoms with Gasteiger partial charge in [0.05, 0.1) is 6.10 Å². The molecule has 0 saturated heterocycles. The molecule has 0 radical (unpaired) electrons. The van der Waals surface area contributed by atoms with Gasteiger partial charge in [0.25, 0.3) is 0 Å². The largest absolute Gasteiger partial charge is 0.387 e. The first kappa shape index (κ1) is 11.6. The van der Waals surface area contributed by atoms with E-state index in [0.717, 1.165) is 10.0 Å². The number of halogens is 1. The molecule has 1 heterocycles. The van der Waals surface area contributed by atoms with E-state index in [2.05, 4.69) is 15.9 Å². The zero-order chi connectivity index (χ0) is 10.1. The van der Waals surface area contributed by atoms with Gasteiger partial charge in [-0.3, -0.25) is 0 Å². The summed E-state index contributed by atoms with van der Waals surface area (Å²) in [6, 6.07) is 0. The fourth-order valence-corrected chi connectivity index (χ4v) is 2.86. The number of hydrogen-bond acceptors (Lipinski definition) is 3. The van der Waals surface area contributed by atoms with Crippen LogP contribution >= 0.6 is 39.0 Å². The van der Waals surface area contributed by atoms with Gasteiger partial charge in [-0.1, -0.05) is 0 Å². The molecule has 13 heavy (non-hydrogen) atoms. The smallest absolute Gasteiger partial charge is 0.0950 e. The summed E-state index contributed by atoms with van der Waals surface area (Å²) in [6.07, 6.45) is 1.60. The molecule has 0 aromatic carbocycles. The van der Waals surface area contributed by atoms with Crippen molar-refractivity contribution in [1.29, 1.82) is 0 Å². The van der Waals surface area contributed by atoms with Crippen molar-refractivity contribution in [2.24, 2.45) is 0 Å². The molecule has 0 amide bonds. The number of rotatable bonds is 3. The van der Waals surface area contributed by atoms with Crippen LogP contribution in [0.4, 0.5) is 0 Å². The molecule has 1 aromatic rings. The number of aliphatic hydroxyl groups is 1. The number of thiophene rings is 1. The lowest BCUT2D eigenvalue weighted by Crippen LogP contribution is -2.24. The Balaban J connectivity index is 2.91. The first-order valence-corrected chi connectivity index (χ1v) is 6.90. The predicted molar refractivity (Wildman–Crippen MR) is 64.6 cm³/mol. The highest BCUT2D eigenvalue weighted by Gasteiger charge is 2.29. The molecule has 0 spiro atoms.